The van der Waals surface area contributed by atoms with Gasteiger partial charge >= 0.3 is 0 Å². The van der Waals surface area contributed by atoms with Crippen LogP contribution in [0.3, 0.4) is 0 Å². The van der Waals surface area contributed by atoms with Gasteiger partial charge in [0.15, 0.2) is 0 Å². The second kappa shape index (κ2) is 11.7. The third-order valence-electron chi connectivity index (χ3n) is 8.55. The van der Waals surface area contributed by atoms with Crippen molar-refractivity contribution in [1.82, 2.24) is 19.7 Å². The molecule has 0 N–H and O–H groups in total. The van der Waals surface area contributed by atoms with Gasteiger partial charge in [-0.1, -0.05) is 30.3 Å². The third-order valence-corrected chi connectivity index (χ3v) is 8.55. The van der Waals surface area contributed by atoms with Crippen molar-refractivity contribution in [2.24, 2.45) is 4.99 Å². The quantitative estimate of drug-likeness (QED) is 0.463. The molecule has 3 aliphatic rings. The summed E-state index contributed by atoms with van der Waals surface area (Å²) in [7, 11) is 0. The molecule has 3 aromatic rings. The number of fused-ring (bicyclic) bond motifs is 1. The minimum absolute atomic E-state index is 0.0784. The normalized spacial score (nSPS) is 18.3. The fourth-order valence-electron chi connectivity index (χ4n) is 6.11. The zero-order chi connectivity index (χ0) is 27.5. The van der Waals surface area contributed by atoms with E-state index in [9.17, 15) is 4.79 Å². The Hall–Kier alpha value is -3.86. The van der Waals surface area contributed by atoms with Gasteiger partial charge in [0.2, 0.25) is 0 Å². The summed E-state index contributed by atoms with van der Waals surface area (Å²) in [6.07, 6.45) is 4.93. The number of amides is 1. The van der Waals surface area contributed by atoms with Gasteiger partial charge < -0.3 is 4.90 Å². The maximum absolute atomic E-state index is 13.3. The monoisotopic (exact) mass is 532 g/mol. The molecule has 0 aliphatic carbocycles. The molecule has 7 nitrogen and oxygen atoms in total. The molecule has 3 aliphatic heterocycles. The molecule has 2 fully saturated rings. The number of rotatable bonds is 6. The van der Waals surface area contributed by atoms with Gasteiger partial charge in [0.1, 0.15) is 5.71 Å². The van der Waals surface area contributed by atoms with Gasteiger partial charge in [-0.05, 0) is 85.3 Å². The number of aryl methyl sites for hydroxylation is 1. The van der Waals surface area contributed by atoms with Crippen molar-refractivity contribution < 1.29 is 4.79 Å². The van der Waals surface area contributed by atoms with E-state index in [1.54, 1.807) is 0 Å². The topological polar surface area (TPSA) is 75.8 Å². The number of hydrogen-bond donors (Lipinski definition) is 0. The summed E-state index contributed by atoms with van der Waals surface area (Å²) in [5.74, 6) is 0.635. The van der Waals surface area contributed by atoms with Crippen molar-refractivity contribution >= 4 is 17.3 Å². The molecular weight excluding hydrogens is 496 g/mol. The SMILES string of the molecule is Cc1ccc(CN2CCC(c3ccc4c(c3)CC(C(=O)N3CCN(Cc5ccc(C#N)cc5)CC3)=N4)CC2)cn1. The number of piperazine rings is 1. The smallest absolute Gasteiger partial charge is 0.268 e. The summed E-state index contributed by atoms with van der Waals surface area (Å²) in [6, 6.07) is 20.8. The van der Waals surface area contributed by atoms with Crippen molar-refractivity contribution in [2.75, 3.05) is 39.3 Å². The first-order chi connectivity index (χ1) is 19.5. The van der Waals surface area contributed by atoms with E-state index in [1.807, 2.05) is 42.3 Å². The number of nitriles is 1. The number of piperidine rings is 1. The molecule has 0 atom stereocenters. The van der Waals surface area contributed by atoms with E-state index in [-0.39, 0.29) is 5.91 Å². The van der Waals surface area contributed by atoms with Gasteiger partial charge in [0.25, 0.3) is 5.91 Å². The number of aromatic nitrogens is 1. The highest BCUT2D eigenvalue weighted by Gasteiger charge is 2.29. The Morgan fingerprint density at radius 3 is 2.30 bits per heavy atom. The summed E-state index contributed by atoms with van der Waals surface area (Å²) >= 11 is 0. The highest BCUT2D eigenvalue weighted by molar-refractivity contribution is 6.40. The number of benzene rings is 2. The van der Waals surface area contributed by atoms with E-state index < -0.39 is 0 Å². The van der Waals surface area contributed by atoms with Gasteiger partial charge in [-0.2, -0.15) is 5.26 Å². The highest BCUT2D eigenvalue weighted by Crippen LogP contribution is 2.34. The van der Waals surface area contributed by atoms with E-state index in [2.05, 4.69) is 51.2 Å². The second-order valence-corrected chi connectivity index (χ2v) is 11.4. The number of carbonyl (C=O) groups is 1. The van der Waals surface area contributed by atoms with Crippen molar-refractivity contribution in [3.63, 3.8) is 0 Å². The molecule has 7 heteroatoms. The van der Waals surface area contributed by atoms with Crippen LogP contribution in [0.5, 0.6) is 0 Å². The molecule has 0 bridgehead atoms. The van der Waals surface area contributed by atoms with Crippen LogP contribution in [0.2, 0.25) is 0 Å². The Kier molecular flexibility index (Phi) is 7.72. The molecule has 0 spiro atoms. The lowest BCUT2D eigenvalue weighted by Gasteiger charge is -2.34. The molecule has 2 saturated heterocycles. The maximum Gasteiger partial charge on any atom is 0.268 e. The van der Waals surface area contributed by atoms with Crippen LogP contribution in [-0.2, 0) is 24.3 Å². The number of pyridine rings is 1. The van der Waals surface area contributed by atoms with Crippen LogP contribution >= 0.6 is 0 Å². The van der Waals surface area contributed by atoms with E-state index in [4.69, 9.17) is 10.3 Å². The number of likely N-dealkylation sites (tertiary alicyclic amines) is 1. The average Bonchev–Trinajstić information content (AvgIpc) is 3.43. The Morgan fingerprint density at radius 2 is 1.60 bits per heavy atom. The molecule has 0 saturated carbocycles. The molecule has 1 aromatic heterocycles. The Bertz CT molecular complexity index is 1420. The third kappa shape index (κ3) is 5.99. The van der Waals surface area contributed by atoms with Crippen molar-refractivity contribution in [1.29, 1.82) is 5.26 Å². The second-order valence-electron chi connectivity index (χ2n) is 11.4. The lowest BCUT2D eigenvalue weighted by molar-refractivity contribution is -0.125. The number of nitrogens with zero attached hydrogens (tertiary/aromatic N) is 6. The van der Waals surface area contributed by atoms with E-state index >= 15 is 0 Å². The summed E-state index contributed by atoms with van der Waals surface area (Å²) in [6.45, 7) is 9.13. The van der Waals surface area contributed by atoms with Crippen LogP contribution in [0.25, 0.3) is 0 Å². The first-order valence-electron chi connectivity index (χ1n) is 14.4. The van der Waals surface area contributed by atoms with Crippen LogP contribution < -0.4 is 0 Å². The molecule has 204 valence electrons. The first kappa shape index (κ1) is 26.4. The number of hydrogen-bond acceptors (Lipinski definition) is 6. The van der Waals surface area contributed by atoms with Gasteiger partial charge in [0, 0.05) is 57.6 Å². The van der Waals surface area contributed by atoms with E-state index in [1.165, 1.54) is 22.3 Å². The van der Waals surface area contributed by atoms with Crippen LogP contribution in [0.1, 0.15) is 52.3 Å². The standard InChI is InChI=1S/C33H36N6O/c1-24-2-3-27(21-35-24)23-37-12-10-28(11-13-37)29-8-9-31-30(18-29)19-32(36-31)33(40)39-16-14-38(15-17-39)22-26-6-4-25(20-34)5-7-26/h2-9,18,21,28H,10-17,19,22-23H2,1H3. The maximum atomic E-state index is 13.3. The zero-order valence-corrected chi connectivity index (χ0v) is 23.2. The lowest BCUT2D eigenvalue weighted by Crippen LogP contribution is -2.50. The molecule has 0 radical (unpaired) electrons. The van der Waals surface area contributed by atoms with E-state index in [0.29, 0.717) is 36.7 Å². The van der Waals surface area contributed by atoms with Crippen molar-refractivity contribution in [3.8, 4) is 6.07 Å². The van der Waals surface area contributed by atoms with Crippen molar-refractivity contribution in [2.45, 2.75) is 45.2 Å². The molecule has 4 heterocycles. The fraction of sp³-hybridized carbons (Fsp3) is 0.394. The van der Waals surface area contributed by atoms with Gasteiger partial charge in [-0.3, -0.25) is 19.6 Å². The molecule has 1 amide bonds. The summed E-state index contributed by atoms with van der Waals surface area (Å²) in [4.78, 5) is 29.4. The summed E-state index contributed by atoms with van der Waals surface area (Å²) in [5.41, 5.74) is 8.42. The Balaban J connectivity index is 0.989. The summed E-state index contributed by atoms with van der Waals surface area (Å²) < 4.78 is 0. The van der Waals surface area contributed by atoms with Crippen LogP contribution in [-0.4, -0.2) is 70.6 Å². The molecule has 6 rings (SSSR count). The average molecular weight is 533 g/mol. The Morgan fingerprint density at radius 1 is 0.900 bits per heavy atom. The zero-order valence-electron chi connectivity index (χ0n) is 23.2. The summed E-state index contributed by atoms with van der Waals surface area (Å²) in [5, 5.41) is 9.00. The first-order valence-corrected chi connectivity index (χ1v) is 14.4. The van der Waals surface area contributed by atoms with Crippen LogP contribution in [0.15, 0.2) is 65.8 Å². The number of aliphatic imine (C=N–C) groups is 1. The largest absolute Gasteiger partial charge is 0.335 e. The molecule has 0 unspecified atom stereocenters. The molecule has 40 heavy (non-hydrogen) atoms. The van der Waals surface area contributed by atoms with Crippen LogP contribution in [0.4, 0.5) is 5.69 Å². The van der Waals surface area contributed by atoms with Gasteiger partial charge in [-0.15, -0.1) is 0 Å². The molecule has 2 aromatic carbocycles. The van der Waals surface area contributed by atoms with E-state index in [0.717, 1.165) is 63.5 Å². The minimum atomic E-state index is 0.0784. The highest BCUT2D eigenvalue weighted by atomic mass is 16.2. The van der Waals surface area contributed by atoms with Gasteiger partial charge in [0.05, 0.1) is 17.3 Å². The van der Waals surface area contributed by atoms with Gasteiger partial charge in [-0.25, -0.2) is 4.99 Å². The minimum Gasteiger partial charge on any atom is -0.335 e. The predicted molar refractivity (Wildman–Crippen MR) is 156 cm³/mol. The fourth-order valence-corrected chi connectivity index (χ4v) is 6.11. The predicted octanol–water partition coefficient (Wildman–Crippen LogP) is 4.61. The van der Waals surface area contributed by atoms with Crippen LogP contribution in [0, 0.1) is 18.3 Å². The number of carbonyl (C=O) groups excluding carboxylic acids is 1. The van der Waals surface area contributed by atoms with Crippen molar-refractivity contribution in [3.05, 3.63) is 94.3 Å². The Labute approximate surface area is 236 Å². The lowest BCUT2D eigenvalue weighted by atomic mass is 9.88. The molecular formula is C33H36N6O.